The average Bonchev–Trinajstić information content (AvgIpc) is 3.14. The third-order valence-electron chi connectivity index (χ3n) is 6.07. The normalized spacial score (nSPS) is 27.8. The van der Waals surface area contributed by atoms with Crippen molar-refractivity contribution in [3.63, 3.8) is 0 Å². The minimum absolute atomic E-state index is 0. The summed E-state index contributed by atoms with van der Waals surface area (Å²) in [6.45, 7) is 3.71. The largest absolute Gasteiger partial charge is 0.314 e. The summed E-state index contributed by atoms with van der Waals surface area (Å²) < 4.78 is 14.6. The molecule has 0 aromatic heterocycles. The quantitative estimate of drug-likeness (QED) is 0.833. The fourth-order valence-corrected chi connectivity index (χ4v) is 4.96. The summed E-state index contributed by atoms with van der Waals surface area (Å²) >= 11 is 0. The van der Waals surface area contributed by atoms with Gasteiger partial charge in [-0.05, 0) is 51.3 Å². The Hall–Kier alpha value is -1.13. The van der Waals surface area contributed by atoms with Crippen molar-refractivity contribution in [2.24, 2.45) is 5.92 Å². The topological polar surface area (TPSA) is 32.3 Å². The predicted octanol–water partition coefficient (Wildman–Crippen LogP) is 3.79. The first-order chi connectivity index (χ1) is 11.1. The zero-order valence-electron chi connectivity index (χ0n) is 14.2. The van der Waals surface area contributed by atoms with E-state index in [4.69, 9.17) is 0 Å². The monoisotopic (exact) mass is 352 g/mol. The minimum atomic E-state index is -0.130. The van der Waals surface area contributed by atoms with E-state index in [0.29, 0.717) is 12.6 Å². The second kappa shape index (κ2) is 6.64. The first kappa shape index (κ1) is 17.7. The van der Waals surface area contributed by atoms with E-state index in [1.54, 1.807) is 12.1 Å². The fourth-order valence-electron chi connectivity index (χ4n) is 4.96. The van der Waals surface area contributed by atoms with E-state index in [2.05, 4.69) is 12.2 Å². The second-order valence-electron chi connectivity index (χ2n) is 7.62. The number of hydrogen-bond donors (Lipinski definition) is 1. The third-order valence-corrected chi connectivity index (χ3v) is 6.07. The summed E-state index contributed by atoms with van der Waals surface area (Å²) in [4.78, 5) is 15.0. The van der Waals surface area contributed by atoms with Crippen LogP contribution in [0, 0.1) is 11.7 Å². The Bertz CT molecular complexity index is 630. The zero-order chi connectivity index (χ0) is 16.0. The highest BCUT2D eigenvalue weighted by atomic mass is 35.5. The number of anilines is 1. The second-order valence-corrected chi connectivity index (χ2v) is 7.62. The molecule has 2 fully saturated rings. The number of fused-ring (bicyclic) bond motifs is 2. The number of carbonyl (C=O) groups excluding carboxylic acids is 1. The summed E-state index contributed by atoms with van der Waals surface area (Å²) in [6.07, 6.45) is 6.06. The molecule has 0 bridgehead atoms. The van der Waals surface area contributed by atoms with Crippen LogP contribution in [0.25, 0.3) is 0 Å². The Morgan fingerprint density at radius 1 is 1.33 bits per heavy atom. The van der Waals surface area contributed by atoms with Crippen LogP contribution in [0.1, 0.15) is 51.0 Å². The number of hydrogen-bond acceptors (Lipinski definition) is 2. The molecule has 0 radical (unpaired) electrons. The van der Waals surface area contributed by atoms with Crippen molar-refractivity contribution in [2.75, 3.05) is 18.0 Å². The van der Waals surface area contributed by atoms with Gasteiger partial charge < -0.3 is 10.2 Å². The van der Waals surface area contributed by atoms with Crippen molar-refractivity contribution in [1.29, 1.82) is 0 Å². The minimum Gasteiger partial charge on any atom is -0.314 e. The van der Waals surface area contributed by atoms with Crippen molar-refractivity contribution in [1.82, 2.24) is 5.32 Å². The lowest BCUT2D eigenvalue weighted by atomic mass is 9.80. The number of benzene rings is 1. The molecular formula is C19H26ClFN2O. The van der Waals surface area contributed by atoms with Gasteiger partial charge in [0.25, 0.3) is 0 Å². The smallest absolute Gasteiger partial charge is 0.230 e. The molecule has 2 atom stereocenters. The van der Waals surface area contributed by atoms with Gasteiger partial charge >= 0.3 is 0 Å². The van der Waals surface area contributed by atoms with E-state index < -0.39 is 0 Å². The number of rotatable bonds is 1. The lowest BCUT2D eigenvalue weighted by molar-refractivity contribution is -0.123. The highest BCUT2D eigenvalue weighted by Crippen LogP contribution is 2.51. The molecule has 5 heteroatoms. The van der Waals surface area contributed by atoms with Crippen molar-refractivity contribution in [2.45, 2.75) is 56.9 Å². The van der Waals surface area contributed by atoms with E-state index in [0.717, 1.165) is 56.3 Å². The molecule has 1 saturated carbocycles. The van der Waals surface area contributed by atoms with Crippen LogP contribution in [0.2, 0.25) is 0 Å². The number of nitrogens with zero attached hydrogens (tertiary/aromatic N) is 1. The molecule has 1 aliphatic carbocycles. The molecule has 1 aromatic rings. The Labute approximate surface area is 149 Å². The molecule has 1 N–H and O–H groups in total. The molecule has 24 heavy (non-hydrogen) atoms. The molecule has 1 amide bonds. The zero-order valence-corrected chi connectivity index (χ0v) is 15.0. The Morgan fingerprint density at radius 2 is 2.08 bits per heavy atom. The average molecular weight is 353 g/mol. The van der Waals surface area contributed by atoms with Gasteiger partial charge in [-0.1, -0.05) is 18.9 Å². The van der Waals surface area contributed by atoms with E-state index in [1.807, 2.05) is 11.0 Å². The molecule has 2 aliphatic heterocycles. The number of carbonyl (C=O) groups is 1. The fraction of sp³-hybridized carbons (Fsp3) is 0.632. The Morgan fingerprint density at radius 3 is 2.79 bits per heavy atom. The van der Waals surface area contributed by atoms with E-state index >= 15 is 0 Å². The number of nitrogens with one attached hydrogen (secondary N) is 1. The van der Waals surface area contributed by atoms with Gasteiger partial charge in [-0.2, -0.15) is 0 Å². The van der Waals surface area contributed by atoms with Crippen LogP contribution in [0.5, 0.6) is 0 Å². The molecule has 3 nitrogen and oxygen atoms in total. The summed E-state index contributed by atoms with van der Waals surface area (Å²) in [6, 6.07) is 5.62. The van der Waals surface area contributed by atoms with Crippen LogP contribution < -0.4 is 10.2 Å². The summed E-state index contributed by atoms with van der Waals surface area (Å²) in [5.41, 5.74) is 1.52. The lowest BCUT2D eigenvalue weighted by Gasteiger charge is -2.31. The first-order valence-electron chi connectivity index (χ1n) is 8.94. The molecule has 1 saturated heterocycles. The van der Waals surface area contributed by atoms with E-state index in [9.17, 15) is 9.18 Å². The lowest BCUT2D eigenvalue weighted by Crippen LogP contribution is -2.45. The molecule has 1 spiro atoms. The maximum Gasteiger partial charge on any atom is 0.230 e. The van der Waals surface area contributed by atoms with Gasteiger partial charge in [-0.3, -0.25) is 4.79 Å². The van der Waals surface area contributed by atoms with E-state index in [1.165, 1.54) is 0 Å². The van der Waals surface area contributed by atoms with Gasteiger partial charge in [-0.15, -0.1) is 12.4 Å². The van der Waals surface area contributed by atoms with Gasteiger partial charge in [0.2, 0.25) is 5.91 Å². The number of halogens is 2. The van der Waals surface area contributed by atoms with Crippen LogP contribution in [0.3, 0.4) is 0 Å². The molecular weight excluding hydrogens is 327 g/mol. The maximum atomic E-state index is 14.6. The standard InChI is InChI=1S/C19H25FN2O.ClH/c1-13-11-14(7-10-21-13)18(23)22-12-19(8-2-3-9-19)17-15(20)5-4-6-16(17)22;/h4-6,13-14,21H,2-3,7-12H2,1H3;1H/t13-,14-;/m0./s1. The number of amides is 1. The highest BCUT2D eigenvalue weighted by Gasteiger charge is 2.48. The molecule has 2 heterocycles. The highest BCUT2D eigenvalue weighted by molar-refractivity contribution is 5.98. The van der Waals surface area contributed by atoms with Gasteiger partial charge in [0.15, 0.2) is 0 Å². The van der Waals surface area contributed by atoms with Gasteiger partial charge in [-0.25, -0.2) is 4.39 Å². The van der Waals surface area contributed by atoms with Crippen LogP contribution in [0.4, 0.5) is 10.1 Å². The van der Waals surface area contributed by atoms with Crippen LogP contribution in [-0.4, -0.2) is 25.0 Å². The maximum absolute atomic E-state index is 14.6. The van der Waals surface area contributed by atoms with Gasteiger partial charge in [0, 0.05) is 29.5 Å². The molecule has 3 aliphatic rings. The molecule has 0 unspecified atom stereocenters. The van der Waals surface area contributed by atoms with Gasteiger partial charge in [0.05, 0.1) is 5.69 Å². The predicted molar refractivity (Wildman–Crippen MR) is 96.3 cm³/mol. The SMILES string of the molecule is C[C@H]1C[C@@H](C(=O)N2CC3(CCCC3)c3c(F)cccc32)CCN1.Cl. The van der Waals surface area contributed by atoms with E-state index in [-0.39, 0.29) is 35.5 Å². The molecule has 132 valence electrons. The Balaban J connectivity index is 0.00000169. The van der Waals surface area contributed by atoms with Crippen LogP contribution >= 0.6 is 12.4 Å². The van der Waals surface area contributed by atoms with Crippen molar-refractivity contribution < 1.29 is 9.18 Å². The van der Waals surface area contributed by atoms with Gasteiger partial charge in [0.1, 0.15) is 5.82 Å². The number of piperidine rings is 1. The Kier molecular flexibility index (Phi) is 4.89. The van der Waals surface area contributed by atoms with Crippen molar-refractivity contribution in [3.8, 4) is 0 Å². The summed E-state index contributed by atoms with van der Waals surface area (Å²) in [7, 11) is 0. The van der Waals surface area contributed by atoms with Crippen LogP contribution in [-0.2, 0) is 10.2 Å². The summed E-state index contributed by atoms with van der Waals surface area (Å²) in [5.74, 6) is 0.145. The third kappa shape index (κ3) is 2.74. The summed E-state index contributed by atoms with van der Waals surface area (Å²) in [5, 5.41) is 3.40. The van der Waals surface area contributed by atoms with Crippen molar-refractivity contribution in [3.05, 3.63) is 29.6 Å². The first-order valence-corrected chi connectivity index (χ1v) is 8.94. The molecule has 4 rings (SSSR count). The van der Waals surface area contributed by atoms with Crippen LogP contribution in [0.15, 0.2) is 18.2 Å². The molecule has 1 aromatic carbocycles. The van der Waals surface area contributed by atoms with Crippen molar-refractivity contribution >= 4 is 24.0 Å².